The maximum atomic E-state index is 13.5. The average Bonchev–Trinajstić information content (AvgIpc) is 2.88. The van der Waals surface area contributed by atoms with Gasteiger partial charge in [-0.1, -0.05) is 18.2 Å². The molecular formula is C17H14F2N2. The average molecular weight is 284 g/mol. The van der Waals surface area contributed by atoms with E-state index < -0.39 is 11.6 Å². The van der Waals surface area contributed by atoms with Crippen molar-refractivity contribution < 1.29 is 8.78 Å². The minimum Gasteiger partial charge on any atom is -0.357 e. The summed E-state index contributed by atoms with van der Waals surface area (Å²) >= 11 is 0. The van der Waals surface area contributed by atoms with E-state index in [0.29, 0.717) is 5.56 Å². The Morgan fingerprint density at radius 1 is 1.00 bits per heavy atom. The number of hydrogen-bond acceptors (Lipinski definition) is 1. The second kappa shape index (κ2) is 4.67. The molecule has 0 amide bonds. The molecule has 0 saturated heterocycles. The molecule has 21 heavy (non-hydrogen) atoms. The molecule has 0 bridgehead atoms. The van der Waals surface area contributed by atoms with Gasteiger partial charge in [0.1, 0.15) is 0 Å². The second-order valence-electron chi connectivity index (χ2n) is 5.37. The van der Waals surface area contributed by atoms with Crippen molar-refractivity contribution >= 4 is 10.9 Å². The van der Waals surface area contributed by atoms with Crippen molar-refractivity contribution in [2.24, 2.45) is 0 Å². The summed E-state index contributed by atoms with van der Waals surface area (Å²) < 4.78 is 26.7. The summed E-state index contributed by atoms with van der Waals surface area (Å²) in [5.41, 5.74) is 5.17. The van der Waals surface area contributed by atoms with E-state index in [2.05, 4.69) is 10.3 Å². The molecule has 4 heteroatoms. The van der Waals surface area contributed by atoms with Crippen molar-refractivity contribution in [3.8, 4) is 11.1 Å². The molecule has 0 unspecified atom stereocenters. The molecule has 2 N–H and O–H groups in total. The Morgan fingerprint density at radius 3 is 2.76 bits per heavy atom. The fourth-order valence-corrected chi connectivity index (χ4v) is 3.13. The van der Waals surface area contributed by atoms with Crippen molar-refractivity contribution in [2.75, 3.05) is 6.54 Å². The van der Waals surface area contributed by atoms with Gasteiger partial charge in [0.05, 0.1) is 0 Å². The highest BCUT2D eigenvalue weighted by Crippen LogP contribution is 2.34. The highest BCUT2D eigenvalue weighted by molar-refractivity contribution is 5.98. The molecule has 0 atom stereocenters. The number of benzene rings is 2. The summed E-state index contributed by atoms with van der Waals surface area (Å²) in [6.45, 7) is 1.76. The molecule has 2 aromatic carbocycles. The lowest BCUT2D eigenvalue weighted by atomic mass is 9.96. The van der Waals surface area contributed by atoms with Crippen molar-refractivity contribution in [2.45, 2.75) is 13.0 Å². The molecule has 2 heterocycles. The summed E-state index contributed by atoms with van der Waals surface area (Å²) in [6, 6.07) is 10.0. The van der Waals surface area contributed by atoms with Gasteiger partial charge in [-0.25, -0.2) is 8.78 Å². The maximum Gasteiger partial charge on any atom is 0.159 e. The molecule has 0 saturated carbocycles. The predicted octanol–water partition coefficient (Wildman–Crippen LogP) is 3.76. The summed E-state index contributed by atoms with van der Waals surface area (Å²) in [5, 5.41) is 4.46. The first-order valence-corrected chi connectivity index (χ1v) is 7.02. The summed E-state index contributed by atoms with van der Waals surface area (Å²) in [5.74, 6) is -1.62. The van der Waals surface area contributed by atoms with E-state index in [0.717, 1.165) is 36.0 Å². The number of aromatic nitrogens is 1. The molecule has 0 fully saturated rings. The minimum atomic E-state index is -0.814. The zero-order valence-electron chi connectivity index (χ0n) is 11.3. The summed E-state index contributed by atoms with van der Waals surface area (Å²) in [4.78, 5) is 3.42. The van der Waals surface area contributed by atoms with Crippen LogP contribution >= 0.6 is 0 Å². The Bertz CT molecular complexity index is 836. The van der Waals surface area contributed by atoms with Crippen molar-refractivity contribution in [1.29, 1.82) is 0 Å². The van der Waals surface area contributed by atoms with Crippen LogP contribution in [0.5, 0.6) is 0 Å². The zero-order chi connectivity index (χ0) is 14.4. The maximum absolute atomic E-state index is 13.5. The number of hydrogen-bond donors (Lipinski definition) is 2. The number of rotatable bonds is 1. The van der Waals surface area contributed by atoms with Gasteiger partial charge in [0.25, 0.3) is 0 Å². The van der Waals surface area contributed by atoms with Crippen LogP contribution in [-0.2, 0) is 13.0 Å². The first kappa shape index (κ1) is 12.5. The molecule has 1 aliphatic heterocycles. The molecule has 106 valence electrons. The predicted molar refractivity (Wildman–Crippen MR) is 79.1 cm³/mol. The zero-order valence-corrected chi connectivity index (χ0v) is 11.3. The largest absolute Gasteiger partial charge is 0.357 e. The highest BCUT2D eigenvalue weighted by Gasteiger charge is 2.18. The minimum absolute atomic E-state index is 0.708. The Morgan fingerprint density at radius 2 is 1.90 bits per heavy atom. The lowest BCUT2D eigenvalue weighted by Gasteiger charge is -2.14. The molecule has 1 aromatic heterocycles. The van der Waals surface area contributed by atoms with E-state index in [1.807, 2.05) is 18.2 Å². The number of nitrogens with one attached hydrogen (secondary N) is 2. The Labute approximate surface area is 120 Å². The lowest BCUT2D eigenvalue weighted by molar-refractivity contribution is 0.509. The van der Waals surface area contributed by atoms with Crippen LogP contribution in [-0.4, -0.2) is 11.5 Å². The van der Waals surface area contributed by atoms with Gasteiger partial charge in [0.2, 0.25) is 0 Å². The van der Waals surface area contributed by atoms with Crippen molar-refractivity contribution in [3.05, 3.63) is 59.3 Å². The van der Waals surface area contributed by atoms with Crippen LogP contribution in [0.25, 0.3) is 22.0 Å². The third kappa shape index (κ3) is 1.94. The van der Waals surface area contributed by atoms with Gasteiger partial charge < -0.3 is 10.3 Å². The standard InChI is InChI=1S/C17H14F2N2/c18-13-5-4-10(8-14(13)19)11-2-1-3-15-17(11)12-6-7-20-9-16(12)21-15/h1-5,8,20-21H,6-7,9H2. The van der Waals surface area contributed by atoms with E-state index in [4.69, 9.17) is 0 Å². The quantitative estimate of drug-likeness (QED) is 0.699. The van der Waals surface area contributed by atoms with Gasteiger partial charge >= 0.3 is 0 Å². The molecule has 0 radical (unpaired) electrons. The second-order valence-corrected chi connectivity index (χ2v) is 5.37. The first-order valence-electron chi connectivity index (χ1n) is 7.02. The van der Waals surface area contributed by atoms with Gasteiger partial charge in [-0.15, -0.1) is 0 Å². The number of fused-ring (bicyclic) bond motifs is 3. The molecule has 0 spiro atoms. The van der Waals surface area contributed by atoms with E-state index in [1.54, 1.807) is 6.07 Å². The molecule has 4 rings (SSSR count). The van der Waals surface area contributed by atoms with Crippen molar-refractivity contribution in [3.63, 3.8) is 0 Å². The van der Waals surface area contributed by atoms with Gasteiger partial charge in [-0.2, -0.15) is 0 Å². The number of halogens is 2. The summed E-state index contributed by atoms with van der Waals surface area (Å²) in [7, 11) is 0. The highest BCUT2D eigenvalue weighted by atomic mass is 19.2. The molecule has 2 nitrogen and oxygen atoms in total. The van der Waals surface area contributed by atoms with Crippen LogP contribution in [0.1, 0.15) is 11.3 Å². The normalized spacial score (nSPS) is 14.4. The molecule has 0 aliphatic carbocycles. The number of aromatic amines is 1. The van der Waals surface area contributed by atoms with E-state index >= 15 is 0 Å². The van der Waals surface area contributed by atoms with Crippen LogP contribution in [0.3, 0.4) is 0 Å². The first-order chi connectivity index (χ1) is 10.2. The smallest absolute Gasteiger partial charge is 0.159 e. The Kier molecular flexibility index (Phi) is 2.79. The number of H-pyrrole nitrogens is 1. The molecular weight excluding hydrogens is 270 g/mol. The van der Waals surface area contributed by atoms with Crippen LogP contribution < -0.4 is 5.32 Å². The van der Waals surface area contributed by atoms with Gasteiger partial charge in [-0.05, 0) is 47.9 Å². The third-order valence-corrected chi connectivity index (χ3v) is 4.10. The molecule has 1 aliphatic rings. The van der Waals surface area contributed by atoms with E-state index in [1.165, 1.54) is 23.4 Å². The van der Waals surface area contributed by atoms with E-state index in [9.17, 15) is 8.78 Å². The van der Waals surface area contributed by atoms with Gasteiger partial charge in [0.15, 0.2) is 11.6 Å². The van der Waals surface area contributed by atoms with Crippen LogP contribution in [0, 0.1) is 11.6 Å². The van der Waals surface area contributed by atoms with Gasteiger partial charge in [-0.3, -0.25) is 0 Å². The fourth-order valence-electron chi connectivity index (χ4n) is 3.13. The molecule has 3 aromatic rings. The van der Waals surface area contributed by atoms with Crippen LogP contribution in [0.4, 0.5) is 8.78 Å². The van der Waals surface area contributed by atoms with Crippen LogP contribution in [0.2, 0.25) is 0 Å². The van der Waals surface area contributed by atoms with Crippen molar-refractivity contribution in [1.82, 2.24) is 10.3 Å². The van der Waals surface area contributed by atoms with Crippen LogP contribution in [0.15, 0.2) is 36.4 Å². The SMILES string of the molecule is Fc1ccc(-c2cccc3[nH]c4c(c23)CCNC4)cc1F. The Hall–Kier alpha value is -2.20. The van der Waals surface area contributed by atoms with Gasteiger partial charge in [0, 0.05) is 23.1 Å². The van der Waals surface area contributed by atoms with E-state index in [-0.39, 0.29) is 0 Å². The summed E-state index contributed by atoms with van der Waals surface area (Å²) in [6.07, 6.45) is 0.940. The fraction of sp³-hybridized carbons (Fsp3) is 0.176. The Balaban J connectivity index is 1.99. The third-order valence-electron chi connectivity index (χ3n) is 4.10. The monoisotopic (exact) mass is 284 g/mol. The topological polar surface area (TPSA) is 27.8 Å². The lowest BCUT2D eigenvalue weighted by Crippen LogP contribution is -2.23.